The van der Waals surface area contributed by atoms with E-state index < -0.39 is 57.6 Å². The molecule has 53 heavy (non-hydrogen) atoms. The zero-order valence-electron chi connectivity index (χ0n) is 26.6. The topological polar surface area (TPSA) is 180 Å². The Balaban J connectivity index is 1.48. The lowest BCUT2D eigenvalue weighted by Gasteiger charge is -2.25. The zero-order chi connectivity index (χ0) is 38.3. The molecule has 0 amide bonds. The monoisotopic (exact) mass is 744 g/mol. The van der Waals surface area contributed by atoms with Crippen molar-refractivity contribution in [3.63, 3.8) is 0 Å². The number of benzene rings is 4. The quantitative estimate of drug-likeness (QED) is 0.0528. The van der Waals surface area contributed by atoms with Crippen LogP contribution in [0.4, 0.5) is 61.0 Å². The molecule has 1 heterocycles. The van der Waals surface area contributed by atoms with Crippen molar-refractivity contribution in [2.75, 3.05) is 17.4 Å². The molecular formula is C32H22F6N8O7. The predicted octanol–water partition coefficient (Wildman–Crippen LogP) is 8.28. The molecular weight excluding hydrogens is 722 g/mol. The number of nitro groups is 2. The van der Waals surface area contributed by atoms with Crippen LogP contribution in [0.15, 0.2) is 102 Å². The van der Waals surface area contributed by atoms with Crippen LogP contribution < -0.4 is 24.5 Å². The third kappa shape index (κ3) is 9.19. The molecule has 0 saturated carbocycles. The Morgan fingerprint density at radius 1 is 0.774 bits per heavy atom. The number of ether oxygens (including phenoxy) is 3. The largest absolute Gasteiger partial charge is 0.493 e. The van der Waals surface area contributed by atoms with Crippen LogP contribution >= 0.6 is 0 Å². The highest BCUT2D eigenvalue weighted by Gasteiger charge is 2.59. The number of alkyl halides is 6. The van der Waals surface area contributed by atoms with E-state index in [1.165, 1.54) is 30.2 Å². The highest BCUT2D eigenvalue weighted by molar-refractivity contribution is 5.81. The summed E-state index contributed by atoms with van der Waals surface area (Å²) in [5, 5.41) is 26.5. The van der Waals surface area contributed by atoms with Crippen molar-refractivity contribution < 1.29 is 50.4 Å². The van der Waals surface area contributed by atoms with Crippen molar-refractivity contribution in [1.82, 2.24) is 15.0 Å². The second-order valence-electron chi connectivity index (χ2n) is 10.4. The number of rotatable bonds is 13. The lowest BCUT2D eigenvalue weighted by Crippen LogP contribution is -2.47. The Labute approximate surface area is 293 Å². The fraction of sp³-hybridized carbons (Fsp3) is 0.125. The number of nitrogens with one attached hydrogen (secondary N) is 1. The van der Waals surface area contributed by atoms with Crippen LogP contribution in [-0.2, 0) is 0 Å². The van der Waals surface area contributed by atoms with Gasteiger partial charge in [-0.15, -0.1) is 0 Å². The molecule has 1 N–H and O–H groups in total. The minimum Gasteiger partial charge on any atom is -0.493 e. The van der Waals surface area contributed by atoms with Gasteiger partial charge in [0.05, 0.1) is 29.2 Å². The average Bonchev–Trinajstić information content (AvgIpc) is 3.11. The summed E-state index contributed by atoms with van der Waals surface area (Å²) in [6.45, 7) is 0. The number of hydrogen-bond acceptors (Lipinski definition) is 13. The van der Waals surface area contributed by atoms with Crippen molar-refractivity contribution in [2.45, 2.75) is 18.5 Å². The molecule has 0 aliphatic carbocycles. The fourth-order valence-electron chi connectivity index (χ4n) is 4.49. The second kappa shape index (κ2) is 15.4. The van der Waals surface area contributed by atoms with Gasteiger partial charge in [-0.2, -0.15) is 46.4 Å². The molecule has 0 spiro atoms. The van der Waals surface area contributed by atoms with E-state index >= 15 is 0 Å². The lowest BCUT2D eigenvalue weighted by molar-refractivity contribution is -0.394. The Morgan fingerprint density at radius 3 is 1.92 bits per heavy atom. The van der Waals surface area contributed by atoms with Crippen LogP contribution in [0.5, 0.6) is 23.3 Å². The van der Waals surface area contributed by atoms with Crippen molar-refractivity contribution in [3.05, 3.63) is 123 Å². The Kier molecular flexibility index (Phi) is 10.8. The van der Waals surface area contributed by atoms with Crippen LogP contribution in [-0.4, -0.2) is 56.6 Å². The van der Waals surface area contributed by atoms with Gasteiger partial charge in [0.25, 0.3) is 17.7 Å². The molecule has 0 radical (unpaired) electrons. The Bertz CT molecular complexity index is 2070. The van der Waals surface area contributed by atoms with Gasteiger partial charge in [-0.3, -0.25) is 25.1 Å². The van der Waals surface area contributed by atoms with E-state index in [0.29, 0.717) is 11.4 Å². The first-order valence-corrected chi connectivity index (χ1v) is 14.7. The SMILES string of the molecule is COc1cc(C=NNc2nc(OC(C(F)(F)F)C(F)(F)F)nc(N(c3ccccc3)c3ccccc3)n2)ccc1Oc1ccc([N+](=O)[O-])cc1[N+](=O)[O-]. The summed E-state index contributed by atoms with van der Waals surface area (Å²) in [7, 11) is 1.25. The lowest BCUT2D eigenvalue weighted by atomic mass is 10.2. The van der Waals surface area contributed by atoms with Crippen LogP contribution in [0.25, 0.3) is 0 Å². The van der Waals surface area contributed by atoms with Crippen LogP contribution in [0.3, 0.4) is 0 Å². The molecule has 5 aromatic rings. The van der Waals surface area contributed by atoms with E-state index in [4.69, 9.17) is 9.47 Å². The maximum Gasteiger partial charge on any atom is 0.434 e. The minimum atomic E-state index is -5.88. The number of aromatic nitrogens is 3. The number of nitrogens with zero attached hydrogens (tertiary/aromatic N) is 7. The number of anilines is 4. The molecule has 0 aliphatic rings. The van der Waals surface area contributed by atoms with Gasteiger partial charge in [-0.1, -0.05) is 36.4 Å². The molecule has 21 heteroatoms. The highest BCUT2D eigenvalue weighted by Crippen LogP contribution is 2.39. The molecule has 0 fully saturated rings. The molecule has 1 aromatic heterocycles. The number of non-ortho nitro benzene ring substituents is 1. The van der Waals surface area contributed by atoms with Gasteiger partial charge in [-0.25, -0.2) is 5.43 Å². The van der Waals surface area contributed by atoms with Crippen molar-refractivity contribution in [2.24, 2.45) is 5.10 Å². The molecule has 0 aliphatic heterocycles. The van der Waals surface area contributed by atoms with E-state index in [1.807, 2.05) is 0 Å². The molecule has 5 rings (SSSR count). The maximum atomic E-state index is 13.5. The predicted molar refractivity (Wildman–Crippen MR) is 175 cm³/mol. The Hall–Kier alpha value is -7.06. The van der Waals surface area contributed by atoms with Gasteiger partial charge in [0.2, 0.25) is 11.7 Å². The third-order valence-corrected chi connectivity index (χ3v) is 6.79. The smallest absolute Gasteiger partial charge is 0.434 e. The van der Waals surface area contributed by atoms with E-state index in [2.05, 4.69) is 30.2 Å². The summed E-state index contributed by atoms with van der Waals surface area (Å²) in [4.78, 5) is 33.8. The first-order chi connectivity index (χ1) is 25.1. The zero-order valence-corrected chi connectivity index (χ0v) is 26.6. The van der Waals surface area contributed by atoms with Crippen LogP contribution in [0.1, 0.15) is 5.56 Å². The standard InChI is InChI=1S/C32H22F6N8O7/c1-51-26-16-19(12-14-25(26)52-24-15-13-22(45(47)48)17-23(24)46(49)50)18-39-43-28-40-29(42-30(41-28)53-27(31(33,34)35)32(36,37)38)44(20-8-4-2-5-9-20)21-10-6-3-7-11-21/h2-18,27H,1H3,(H,40,41,42,43). The summed E-state index contributed by atoms with van der Waals surface area (Å²) in [5.41, 5.74) is 2.15. The van der Waals surface area contributed by atoms with E-state index in [1.54, 1.807) is 60.7 Å². The number of methoxy groups -OCH3 is 1. The summed E-state index contributed by atoms with van der Waals surface area (Å²) < 4.78 is 95.9. The van der Waals surface area contributed by atoms with Gasteiger partial charge in [0.1, 0.15) is 0 Å². The average molecular weight is 745 g/mol. The summed E-state index contributed by atoms with van der Waals surface area (Å²) in [6, 6.07) is 21.8. The third-order valence-electron chi connectivity index (χ3n) is 6.79. The number of halogens is 6. The molecule has 0 unspecified atom stereocenters. The van der Waals surface area contributed by atoms with Crippen molar-refractivity contribution in [3.8, 4) is 23.3 Å². The van der Waals surface area contributed by atoms with Crippen molar-refractivity contribution in [1.29, 1.82) is 0 Å². The number of nitro benzene ring substituents is 2. The molecule has 0 saturated heterocycles. The summed E-state index contributed by atoms with van der Waals surface area (Å²) in [6.07, 6.45) is -14.9. The van der Waals surface area contributed by atoms with E-state index in [9.17, 15) is 46.6 Å². The number of hydrogen-bond donors (Lipinski definition) is 1. The normalized spacial score (nSPS) is 11.7. The van der Waals surface area contributed by atoms with E-state index in [0.717, 1.165) is 24.4 Å². The summed E-state index contributed by atoms with van der Waals surface area (Å²) in [5.74, 6) is -1.39. The van der Waals surface area contributed by atoms with E-state index in [-0.39, 0.29) is 22.8 Å². The molecule has 274 valence electrons. The maximum absolute atomic E-state index is 13.5. The van der Waals surface area contributed by atoms with Crippen LogP contribution in [0.2, 0.25) is 0 Å². The molecule has 4 aromatic carbocycles. The Morgan fingerprint density at radius 2 is 1.38 bits per heavy atom. The molecule has 0 atom stereocenters. The second-order valence-corrected chi connectivity index (χ2v) is 10.4. The van der Waals surface area contributed by atoms with Gasteiger partial charge in [-0.05, 0) is 54.1 Å². The minimum absolute atomic E-state index is 0.0199. The highest BCUT2D eigenvalue weighted by atomic mass is 19.4. The first-order valence-electron chi connectivity index (χ1n) is 14.7. The fourth-order valence-corrected chi connectivity index (χ4v) is 4.49. The van der Waals surface area contributed by atoms with Gasteiger partial charge in [0, 0.05) is 17.4 Å². The summed E-state index contributed by atoms with van der Waals surface area (Å²) >= 11 is 0. The molecule has 15 nitrogen and oxygen atoms in total. The first kappa shape index (κ1) is 37.2. The number of hydrazone groups is 1. The molecule has 0 bridgehead atoms. The van der Waals surface area contributed by atoms with Gasteiger partial charge < -0.3 is 14.2 Å². The van der Waals surface area contributed by atoms with Gasteiger partial charge in [0.15, 0.2) is 11.5 Å². The van der Waals surface area contributed by atoms with Crippen molar-refractivity contribution >= 4 is 40.9 Å². The van der Waals surface area contributed by atoms with Crippen LogP contribution in [0, 0.1) is 20.2 Å². The van der Waals surface area contributed by atoms with Gasteiger partial charge >= 0.3 is 24.1 Å². The number of para-hydroxylation sites is 2.